The van der Waals surface area contributed by atoms with Crippen LogP contribution in [-0.4, -0.2) is 51.7 Å². The molecule has 2 aliphatic heterocycles. The Morgan fingerprint density at radius 1 is 0.970 bits per heavy atom. The summed E-state index contributed by atoms with van der Waals surface area (Å²) < 4.78 is 5.62. The smallest absolute Gasteiger partial charge is 0.415 e. The number of hydrogen-bond acceptors (Lipinski definition) is 4. The number of anilines is 1. The Morgan fingerprint density at radius 3 is 2.30 bits per heavy atom. The van der Waals surface area contributed by atoms with E-state index in [1.54, 1.807) is 26.8 Å². The molecular weight excluding hydrogens is 420 g/mol. The number of hydrogen-bond donors (Lipinski definition) is 1. The van der Waals surface area contributed by atoms with Crippen molar-refractivity contribution in [3.8, 4) is 0 Å². The standard InChI is InChI=1S/C26H30N2O5/c1-26(2,3)33-25(32)28-20-12-8-7-11-18(20)16-22(28)23(29)27-19(13-14-21(27)24(30)31)15-17-9-5-4-6-10-17/h4-12,19,21-22H,13-16H2,1-3H3,(H,30,31)/t19-,21+,22+/m0/s1. The Hall–Kier alpha value is -3.35. The fourth-order valence-corrected chi connectivity index (χ4v) is 4.84. The molecule has 174 valence electrons. The Labute approximate surface area is 193 Å². The van der Waals surface area contributed by atoms with Crippen LogP contribution in [-0.2, 0) is 27.2 Å². The maximum absolute atomic E-state index is 13.9. The molecular formula is C26H30N2O5. The van der Waals surface area contributed by atoms with Gasteiger partial charge in [-0.3, -0.25) is 9.69 Å². The summed E-state index contributed by atoms with van der Waals surface area (Å²) in [6.45, 7) is 5.33. The Bertz CT molecular complexity index is 1050. The van der Waals surface area contributed by atoms with Crippen LogP contribution in [0.4, 0.5) is 10.5 Å². The Balaban J connectivity index is 1.66. The number of ether oxygens (including phenoxy) is 1. The van der Waals surface area contributed by atoms with E-state index in [1.807, 2.05) is 48.5 Å². The number of nitrogens with zero attached hydrogens (tertiary/aromatic N) is 2. The van der Waals surface area contributed by atoms with Crippen LogP contribution in [0.1, 0.15) is 44.7 Å². The van der Waals surface area contributed by atoms with Gasteiger partial charge in [0.05, 0.1) is 5.69 Å². The number of carboxylic acid groups (broad SMARTS) is 1. The number of rotatable bonds is 4. The molecule has 7 nitrogen and oxygen atoms in total. The number of amides is 2. The molecule has 0 unspecified atom stereocenters. The van der Waals surface area contributed by atoms with Gasteiger partial charge in [-0.05, 0) is 57.2 Å². The molecule has 1 fully saturated rings. The average molecular weight is 451 g/mol. The highest BCUT2D eigenvalue weighted by Crippen LogP contribution is 2.37. The molecule has 7 heteroatoms. The molecule has 33 heavy (non-hydrogen) atoms. The summed E-state index contributed by atoms with van der Waals surface area (Å²) in [5.74, 6) is -1.36. The summed E-state index contributed by atoms with van der Waals surface area (Å²) in [7, 11) is 0. The largest absolute Gasteiger partial charge is 0.480 e. The fraction of sp³-hybridized carbons (Fsp3) is 0.423. The zero-order valence-corrected chi connectivity index (χ0v) is 19.2. The molecule has 2 heterocycles. The van der Waals surface area contributed by atoms with Crippen LogP contribution in [0.2, 0.25) is 0 Å². The maximum atomic E-state index is 13.9. The first-order chi connectivity index (χ1) is 15.7. The lowest BCUT2D eigenvalue weighted by Crippen LogP contribution is -2.55. The monoisotopic (exact) mass is 450 g/mol. The van der Waals surface area contributed by atoms with E-state index < -0.39 is 29.7 Å². The molecule has 0 spiro atoms. The molecule has 2 aromatic rings. The molecule has 2 aromatic carbocycles. The predicted octanol–water partition coefficient (Wildman–Crippen LogP) is 4.04. The average Bonchev–Trinajstić information content (AvgIpc) is 3.34. The van der Waals surface area contributed by atoms with Gasteiger partial charge >= 0.3 is 12.1 Å². The summed E-state index contributed by atoms with van der Waals surface area (Å²) in [4.78, 5) is 42.0. The molecule has 0 saturated carbocycles. The van der Waals surface area contributed by atoms with Gasteiger partial charge in [-0.15, -0.1) is 0 Å². The number of aliphatic carboxylic acids is 1. The Kier molecular flexibility index (Phi) is 6.15. The molecule has 3 atom stereocenters. The molecule has 2 amide bonds. The van der Waals surface area contributed by atoms with Crippen LogP contribution in [0, 0.1) is 0 Å². The van der Waals surface area contributed by atoms with Crippen LogP contribution >= 0.6 is 0 Å². The number of carboxylic acids is 1. The van der Waals surface area contributed by atoms with Crippen LogP contribution in [0.15, 0.2) is 54.6 Å². The zero-order valence-electron chi connectivity index (χ0n) is 19.2. The fourth-order valence-electron chi connectivity index (χ4n) is 4.84. The second kappa shape index (κ2) is 8.89. The molecule has 0 bridgehead atoms. The third-order valence-electron chi connectivity index (χ3n) is 6.21. The lowest BCUT2D eigenvalue weighted by Gasteiger charge is -2.34. The topological polar surface area (TPSA) is 87.2 Å². The van der Waals surface area contributed by atoms with Crippen LogP contribution < -0.4 is 4.90 Å². The van der Waals surface area contributed by atoms with Crippen LogP contribution in [0.25, 0.3) is 0 Å². The van der Waals surface area contributed by atoms with Gasteiger partial charge in [0.1, 0.15) is 17.7 Å². The van der Waals surface area contributed by atoms with Gasteiger partial charge in [-0.25, -0.2) is 9.59 Å². The highest BCUT2D eigenvalue weighted by atomic mass is 16.6. The highest BCUT2D eigenvalue weighted by molar-refractivity contribution is 6.01. The van der Waals surface area contributed by atoms with Gasteiger partial charge in [0.15, 0.2) is 0 Å². The minimum Gasteiger partial charge on any atom is -0.480 e. The van der Waals surface area contributed by atoms with E-state index in [1.165, 1.54) is 9.80 Å². The van der Waals surface area contributed by atoms with Crippen LogP contribution in [0.5, 0.6) is 0 Å². The molecule has 4 rings (SSSR count). The SMILES string of the molecule is CC(C)(C)OC(=O)N1c2ccccc2C[C@@H]1C(=O)N1[C@H](Cc2ccccc2)CC[C@@H]1C(=O)O. The molecule has 1 saturated heterocycles. The second-order valence-corrected chi connectivity index (χ2v) is 9.72. The van der Waals surface area contributed by atoms with E-state index in [4.69, 9.17) is 4.74 Å². The third kappa shape index (κ3) is 4.72. The van der Waals surface area contributed by atoms with Crippen molar-refractivity contribution in [2.75, 3.05) is 4.90 Å². The minimum atomic E-state index is -1.02. The lowest BCUT2D eigenvalue weighted by molar-refractivity contribution is -0.150. The van der Waals surface area contributed by atoms with Gasteiger partial charge in [-0.1, -0.05) is 48.5 Å². The number of para-hydroxylation sites is 1. The quantitative estimate of drug-likeness (QED) is 0.760. The molecule has 0 radical (unpaired) electrons. The summed E-state index contributed by atoms with van der Waals surface area (Å²) in [5.41, 5.74) is 1.82. The van der Waals surface area contributed by atoms with Crippen molar-refractivity contribution in [1.29, 1.82) is 0 Å². The normalized spacial score (nSPS) is 22.2. The van der Waals surface area contributed by atoms with Crippen molar-refractivity contribution >= 4 is 23.7 Å². The van der Waals surface area contributed by atoms with E-state index in [0.717, 1.165) is 11.1 Å². The first-order valence-corrected chi connectivity index (χ1v) is 11.3. The van der Waals surface area contributed by atoms with Crippen molar-refractivity contribution in [3.05, 3.63) is 65.7 Å². The summed E-state index contributed by atoms with van der Waals surface area (Å²) in [6.07, 6.45) is 1.29. The van der Waals surface area contributed by atoms with Crippen molar-refractivity contribution in [2.45, 2.75) is 70.2 Å². The minimum absolute atomic E-state index is 0.245. The van der Waals surface area contributed by atoms with E-state index in [0.29, 0.717) is 31.4 Å². The van der Waals surface area contributed by atoms with Gasteiger partial charge in [0.25, 0.3) is 0 Å². The Morgan fingerprint density at radius 2 is 1.64 bits per heavy atom. The number of carbonyl (C=O) groups excluding carboxylic acids is 2. The highest BCUT2D eigenvalue weighted by Gasteiger charge is 2.48. The summed E-state index contributed by atoms with van der Waals surface area (Å²) >= 11 is 0. The van der Waals surface area contributed by atoms with Gasteiger partial charge < -0.3 is 14.7 Å². The van der Waals surface area contributed by atoms with E-state index in [2.05, 4.69) is 0 Å². The van der Waals surface area contributed by atoms with E-state index in [9.17, 15) is 19.5 Å². The first kappa shape index (κ1) is 22.8. The summed E-state index contributed by atoms with van der Waals surface area (Å²) in [5, 5.41) is 9.86. The van der Waals surface area contributed by atoms with E-state index >= 15 is 0 Å². The number of carbonyl (C=O) groups is 3. The van der Waals surface area contributed by atoms with E-state index in [-0.39, 0.29) is 11.9 Å². The molecule has 1 N–H and O–H groups in total. The second-order valence-electron chi connectivity index (χ2n) is 9.72. The van der Waals surface area contributed by atoms with Crippen molar-refractivity contribution in [1.82, 2.24) is 4.90 Å². The number of benzene rings is 2. The molecule has 0 aromatic heterocycles. The van der Waals surface area contributed by atoms with Gasteiger partial charge in [0, 0.05) is 12.5 Å². The van der Waals surface area contributed by atoms with Gasteiger partial charge in [-0.2, -0.15) is 0 Å². The van der Waals surface area contributed by atoms with Crippen molar-refractivity contribution < 1.29 is 24.2 Å². The molecule has 0 aliphatic carbocycles. The zero-order chi connectivity index (χ0) is 23.8. The van der Waals surface area contributed by atoms with Gasteiger partial charge in [0.2, 0.25) is 5.91 Å². The summed E-state index contributed by atoms with van der Waals surface area (Å²) in [6, 6.07) is 15.1. The third-order valence-corrected chi connectivity index (χ3v) is 6.21. The predicted molar refractivity (Wildman–Crippen MR) is 124 cm³/mol. The van der Waals surface area contributed by atoms with Crippen LogP contribution in [0.3, 0.4) is 0 Å². The van der Waals surface area contributed by atoms with Crippen molar-refractivity contribution in [3.63, 3.8) is 0 Å². The molecule has 2 aliphatic rings. The van der Waals surface area contributed by atoms with Crippen molar-refractivity contribution in [2.24, 2.45) is 0 Å². The number of likely N-dealkylation sites (tertiary alicyclic amines) is 1. The lowest BCUT2D eigenvalue weighted by atomic mass is 10.0. The number of fused-ring (bicyclic) bond motifs is 1. The maximum Gasteiger partial charge on any atom is 0.415 e. The first-order valence-electron chi connectivity index (χ1n) is 11.3.